The fourth-order valence-corrected chi connectivity index (χ4v) is 2.59. The SMILES string of the molecule is COc1ccc(NC(=O)Cc2cc(OC)c(OC)cc2C)cc1Cl. The second-order valence-electron chi connectivity index (χ2n) is 5.21. The van der Waals surface area contributed by atoms with Crippen LogP contribution in [0.25, 0.3) is 0 Å². The van der Waals surface area contributed by atoms with Gasteiger partial charge in [0.1, 0.15) is 5.75 Å². The Morgan fingerprint density at radius 3 is 2.21 bits per heavy atom. The number of amides is 1. The molecule has 0 bridgehead atoms. The lowest BCUT2D eigenvalue weighted by Gasteiger charge is -2.13. The maximum Gasteiger partial charge on any atom is 0.228 e. The van der Waals surface area contributed by atoms with Crippen molar-refractivity contribution in [3.63, 3.8) is 0 Å². The molecule has 0 unspecified atom stereocenters. The van der Waals surface area contributed by atoms with Crippen molar-refractivity contribution in [2.24, 2.45) is 0 Å². The molecule has 2 aromatic rings. The van der Waals surface area contributed by atoms with Crippen molar-refractivity contribution in [1.82, 2.24) is 0 Å². The molecule has 0 fully saturated rings. The third-order valence-electron chi connectivity index (χ3n) is 3.63. The van der Waals surface area contributed by atoms with Crippen LogP contribution in [0, 0.1) is 6.92 Å². The number of rotatable bonds is 6. The van der Waals surface area contributed by atoms with E-state index in [1.54, 1.807) is 39.5 Å². The number of ether oxygens (including phenoxy) is 3. The van der Waals surface area contributed by atoms with Crippen LogP contribution in [0.5, 0.6) is 17.2 Å². The maximum atomic E-state index is 12.3. The molecule has 1 amide bonds. The van der Waals surface area contributed by atoms with E-state index in [9.17, 15) is 4.79 Å². The molecule has 128 valence electrons. The molecule has 0 aliphatic rings. The second-order valence-corrected chi connectivity index (χ2v) is 5.62. The fourth-order valence-electron chi connectivity index (χ4n) is 2.34. The average molecular weight is 350 g/mol. The van der Waals surface area contributed by atoms with Crippen LogP contribution in [0.3, 0.4) is 0 Å². The van der Waals surface area contributed by atoms with Gasteiger partial charge in [0.25, 0.3) is 0 Å². The quantitative estimate of drug-likeness (QED) is 0.860. The molecule has 0 spiro atoms. The molecule has 0 radical (unpaired) electrons. The monoisotopic (exact) mass is 349 g/mol. The molecule has 2 rings (SSSR count). The molecular formula is C18H20ClNO4. The first-order valence-electron chi connectivity index (χ1n) is 7.33. The van der Waals surface area contributed by atoms with E-state index in [2.05, 4.69) is 5.32 Å². The van der Waals surface area contributed by atoms with Crippen LogP contribution >= 0.6 is 11.6 Å². The number of aryl methyl sites for hydroxylation is 1. The summed E-state index contributed by atoms with van der Waals surface area (Å²) in [6, 6.07) is 8.77. The van der Waals surface area contributed by atoms with Gasteiger partial charge in [-0.2, -0.15) is 0 Å². The van der Waals surface area contributed by atoms with E-state index in [1.807, 2.05) is 19.1 Å². The lowest BCUT2D eigenvalue weighted by atomic mass is 10.0. The molecule has 5 nitrogen and oxygen atoms in total. The zero-order valence-electron chi connectivity index (χ0n) is 14.1. The topological polar surface area (TPSA) is 56.8 Å². The Bertz CT molecular complexity index is 746. The summed E-state index contributed by atoms with van der Waals surface area (Å²) in [5.41, 5.74) is 2.43. The predicted molar refractivity (Wildman–Crippen MR) is 94.6 cm³/mol. The summed E-state index contributed by atoms with van der Waals surface area (Å²) in [6.45, 7) is 1.93. The zero-order valence-corrected chi connectivity index (χ0v) is 14.9. The first-order valence-corrected chi connectivity index (χ1v) is 7.71. The van der Waals surface area contributed by atoms with Crippen LogP contribution in [-0.2, 0) is 11.2 Å². The van der Waals surface area contributed by atoms with Gasteiger partial charge in [0.05, 0.1) is 32.8 Å². The fraction of sp³-hybridized carbons (Fsp3) is 0.278. The third-order valence-corrected chi connectivity index (χ3v) is 3.92. The van der Waals surface area contributed by atoms with Crippen LogP contribution in [0.15, 0.2) is 30.3 Å². The molecular weight excluding hydrogens is 330 g/mol. The van der Waals surface area contributed by atoms with Crippen molar-refractivity contribution in [3.8, 4) is 17.2 Å². The van der Waals surface area contributed by atoms with E-state index >= 15 is 0 Å². The average Bonchev–Trinajstić information content (AvgIpc) is 2.56. The maximum absolute atomic E-state index is 12.3. The summed E-state index contributed by atoms with van der Waals surface area (Å²) < 4.78 is 15.6. The lowest BCUT2D eigenvalue weighted by molar-refractivity contribution is -0.115. The Hall–Kier alpha value is -2.40. The van der Waals surface area contributed by atoms with Crippen LogP contribution in [-0.4, -0.2) is 27.2 Å². The summed E-state index contributed by atoms with van der Waals surface area (Å²) >= 11 is 6.06. The summed E-state index contributed by atoms with van der Waals surface area (Å²) in [4.78, 5) is 12.3. The molecule has 0 saturated heterocycles. The largest absolute Gasteiger partial charge is 0.495 e. The molecule has 0 heterocycles. The number of hydrogen-bond acceptors (Lipinski definition) is 4. The number of carbonyl (C=O) groups is 1. The highest BCUT2D eigenvalue weighted by Gasteiger charge is 2.12. The van der Waals surface area contributed by atoms with E-state index in [-0.39, 0.29) is 12.3 Å². The summed E-state index contributed by atoms with van der Waals surface area (Å²) in [6.07, 6.45) is 0.218. The van der Waals surface area contributed by atoms with Crippen LogP contribution in [0.4, 0.5) is 5.69 Å². The highest BCUT2D eigenvalue weighted by atomic mass is 35.5. The van der Waals surface area contributed by atoms with Crippen molar-refractivity contribution >= 4 is 23.2 Å². The number of nitrogens with one attached hydrogen (secondary N) is 1. The first-order chi connectivity index (χ1) is 11.5. The van der Waals surface area contributed by atoms with Gasteiger partial charge in [-0.05, 0) is 48.4 Å². The van der Waals surface area contributed by atoms with Crippen molar-refractivity contribution in [2.75, 3.05) is 26.6 Å². The highest BCUT2D eigenvalue weighted by Crippen LogP contribution is 2.31. The Morgan fingerprint density at radius 2 is 1.62 bits per heavy atom. The number of carbonyl (C=O) groups excluding carboxylic acids is 1. The Kier molecular flexibility index (Phi) is 5.93. The first kappa shape index (κ1) is 17.9. The van der Waals surface area contributed by atoms with Gasteiger partial charge in [-0.3, -0.25) is 4.79 Å². The van der Waals surface area contributed by atoms with Crippen LogP contribution in [0.2, 0.25) is 5.02 Å². The van der Waals surface area contributed by atoms with Crippen LogP contribution < -0.4 is 19.5 Å². The zero-order chi connectivity index (χ0) is 17.7. The van der Waals surface area contributed by atoms with E-state index < -0.39 is 0 Å². The Balaban J connectivity index is 2.13. The molecule has 0 saturated carbocycles. The minimum absolute atomic E-state index is 0.147. The van der Waals surface area contributed by atoms with E-state index in [1.165, 1.54) is 0 Å². The summed E-state index contributed by atoms with van der Waals surface area (Å²) in [5.74, 6) is 1.65. The molecule has 0 atom stereocenters. The molecule has 1 N–H and O–H groups in total. The smallest absolute Gasteiger partial charge is 0.228 e. The molecule has 24 heavy (non-hydrogen) atoms. The van der Waals surface area contributed by atoms with Crippen molar-refractivity contribution in [3.05, 3.63) is 46.5 Å². The van der Waals surface area contributed by atoms with E-state index in [0.29, 0.717) is 28.0 Å². The lowest BCUT2D eigenvalue weighted by Crippen LogP contribution is -2.15. The van der Waals surface area contributed by atoms with Gasteiger partial charge in [-0.1, -0.05) is 11.6 Å². The predicted octanol–water partition coefficient (Wildman–Crippen LogP) is 3.86. The Labute approximate surface area is 146 Å². The van der Waals surface area contributed by atoms with Crippen LogP contribution in [0.1, 0.15) is 11.1 Å². The second kappa shape index (κ2) is 7.93. The molecule has 0 aliphatic heterocycles. The molecule has 0 aliphatic carbocycles. The van der Waals surface area contributed by atoms with Gasteiger partial charge in [0.2, 0.25) is 5.91 Å². The van der Waals surface area contributed by atoms with E-state index in [4.69, 9.17) is 25.8 Å². The highest BCUT2D eigenvalue weighted by molar-refractivity contribution is 6.32. The van der Waals surface area contributed by atoms with Crippen molar-refractivity contribution in [2.45, 2.75) is 13.3 Å². The van der Waals surface area contributed by atoms with Gasteiger partial charge in [0, 0.05) is 5.69 Å². The van der Waals surface area contributed by atoms with E-state index in [0.717, 1.165) is 11.1 Å². The normalized spacial score (nSPS) is 10.2. The van der Waals surface area contributed by atoms with Gasteiger partial charge >= 0.3 is 0 Å². The number of methoxy groups -OCH3 is 3. The minimum Gasteiger partial charge on any atom is -0.495 e. The third kappa shape index (κ3) is 4.11. The standard InChI is InChI=1S/C18H20ClNO4/c1-11-7-16(23-3)17(24-4)8-12(11)9-18(21)20-13-5-6-15(22-2)14(19)10-13/h5-8,10H,9H2,1-4H3,(H,20,21). The Morgan fingerprint density at radius 1 is 1.00 bits per heavy atom. The number of hydrogen-bond donors (Lipinski definition) is 1. The van der Waals surface area contributed by atoms with Crippen molar-refractivity contribution in [1.29, 1.82) is 0 Å². The van der Waals surface area contributed by atoms with Gasteiger partial charge < -0.3 is 19.5 Å². The van der Waals surface area contributed by atoms with Crippen molar-refractivity contribution < 1.29 is 19.0 Å². The van der Waals surface area contributed by atoms with Gasteiger partial charge in [-0.25, -0.2) is 0 Å². The number of anilines is 1. The van der Waals surface area contributed by atoms with Gasteiger partial charge in [0.15, 0.2) is 11.5 Å². The number of halogens is 1. The minimum atomic E-state index is -0.147. The molecule has 2 aromatic carbocycles. The number of benzene rings is 2. The summed E-state index contributed by atoms with van der Waals surface area (Å²) in [5, 5.41) is 3.27. The molecule has 0 aromatic heterocycles. The van der Waals surface area contributed by atoms with Gasteiger partial charge in [-0.15, -0.1) is 0 Å². The molecule has 6 heteroatoms. The summed E-state index contributed by atoms with van der Waals surface area (Å²) in [7, 11) is 4.69.